The molecule has 0 aliphatic carbocycles. The van der Waals surface area contributed by atoms with Gasteiger partial charge in [-0.1, -0.05) is 6.08 Å². The van der Waals surface area contributed by atoms with E-state index in [9.17, 15) is 4.79 Å². The first kappa shape index (κ1) is 10.3. The first-order chi connectivity index (χ1) is 6.08. The summed E-state index contributed by atoms with van der Waals surface area (Å²) in [5.74, 6) is -0.512. The number of ether oxygens (including phenoxy) is 1. The molecule has 1 unspecified atom stereocenters. The van der Waals surface area contributed by atoms with Gasteiger partial charge in [0.15, 0.2) is 0 Å². The third-order valence-corrected chi connectivity index (χ3v) is 2.24. The monoisotopic (exact) mass is 184 g/mol. The Morgan fingerprint density at radius 1 is 1.38 bits per heavy atom. The van der Waals surface area contributed by atoms with Gasteiger partial charge >= 0.3 is 5.97 Å². The van der Waals surface area contributed by atoms with Crippen molar-refractivity contribution in [2.24, 2.45) is 5.92 Å². The molecular formula is C10H16O3. The van der Waals surface area contributed by atoms with Crippen LogP contribution in [-0.4, -0.2) is 23.3 Å². The Morgan fingerprint density at radius 3 is 2.38 bits per heavy atom. The van der Waals surface area contributed by atoms with Crippen molar-refractivity contribution in [1.29, 1.82) is 0 Å². The molecule has 0 amide bonds. The van der Waals surface area contributed by atoms with E-state index in [4.69, 9.17) is 9.84 Å². The molecule has 1 fully saturated rings. The third-order valence-electron chi connectivity index (χ3n) is 2.24. The highest BCUT2D eigenvalue weighted by Crippen LogP contribution is 2.25. The molecule has 0 spiro atoms. The lowest BCUT2D eigenvalue weighted by Gasteiger charge is -2.30. The SMILES string of the molecule is C[C@@H]1CC(/C=C/C(=O)O)C[C@H](C)O1. The number of hydrogen-bond donors (Lipinski definition) is 1. The van der Waals surface area contributed by atoms with E-state index in [1.54, 1.807) is 6.08 Å². The van der Waals surface area contributed by atoms with Crippen LogP contribution >= 0.6 is 0 Å². The summed E-state index contributed by atoms with van der Waals surface area (Å²) in [4.78, 5) is 10.3. The number of aliphatic carboxylic acids is 1. The molecule has 0 radical (unpaired) electrons. The summed E-state index contributed by atoms with van der Waals surface area (Å²) in [6.45, 7) is 4.05. The fraction of sp³-hybridized carbons (Fsp3) is 0.700. The fourth-order valence-corrected chi connectivity index (χ4v) is 1.83. The van der Waals surface area contributed by atoms with Gasteiger partial charge in [-0.15, -0.1) is 0 Å². The standard InChI is InChI=1S/C10H16O3/c1-7-5-9(3-4-10(11)12)6-8(2)13-7/h3-4,7-9H,5-6H2,1-2H3,(H,11,12)/b4-3+/t7-,8+,9?. The number of hydrogen-bond acceptors (Lipinski definition) is 2. The summed E-state index contributed by atoms with van der Waals surface area (Å²) in [6.07, 6.45) is 5.34. The lowest BCUT2D eigenvalue weighted by Crippen LogP contribution is -2.28. The van der Waals surface area contributed by atoms with Crippen LogP contribution in [0.15, 0.2) is 12.2 Å². The summed E-state index contributed by atoms with van der Waals surface area (Å²) >= 11 is 0. The smallest absolute Gasteiger partial charge is 0.327 e. The molecule has 3 atom stereocenters. The first-order valence-corrected chi connectivity index (χ1v) is 4.64. The van der Waals surface area contributed by atoms with Crippen LogP contribution in [0.5, 0.6) is 0 Å². The highest BCUT2D eigenvalue weighted by molar-refractivity contribution is 5.79. The van der Waals surface area contributed by atoms with Gasteiger partial charge in [-0.2, -0.15) is 0 Å². The minimum atomic E-state index is -0.869. The molecule has 3 nitrogen and oxygen atoms in total. The molecule has 1 saturated heterocycles. The second kappa shape index (κ2) is 4.42. The van der Waals surface area contributed by atoms with Crippen molar-refractivity contribution in [2.75, 3.05) is 0 Å². The van der Waals surface area contributed by atoms with Crippen LogP contribution in [0.4, 0.5) is 0 Å². The molecule has 13 heavy (non-hydrogen) atoms. The van der Waals surface area contributed by atoms with Gasteiger partial charge in [-0.25, -0.2) is 4.79 Å². The molecule has 0 bridgehead atoms. The van der Waals surface area contributed by atoms with Gasteiger partial charge in [0.1, 0.15) is 0 Å². The van der Waals surface area contributed by atoms with Gasteiger partial charge in [-0.05, 0) is 32.6 Å². The zero-order chi connectivity index (χ0) is 9.84. The van der Waals surface area contributed by atoms with E-state index >= 15 is 0 Å². The molecule has 74 valence electrons. The maximum absolute atomic E-state index is 10.3. The number of rotatable bonds is 2. The molecular weight excluding hydrogens is 168 g/mol. The van der Waals surface area contributed by atoms with E-state index in [0.717, 1.165) is 12.8 Å². The van der Waals surface area contributed by atoms with E-state index in [1.165, 1.54) is 6.08 Å². The van der Waals surface area contributed by atoms with Crippen LogP contribution in [0.1, 0.15) is 26.7 Å². The Kier molecular flexibility index (Phi) is 3.48. The molecule has 0 aromatic rings. The lowest BCUT2D eigenvalue weighted by atomic mass is 9.92. The zero-order valence-corrected chi connectivity index (χ0v) is 8.06. The van der Waals surface area contributed by atoms with Crippen LogP contribution in [0.2, 0.25) is 0 Å². The number of carboxylic acids is 1. The lowest BCUT2D eigenvalue weighted by molar-refractivity contribution is -0.131. The van der Waals surface area contributed by atoms with Crippen molar-refractivity contribution >= 4 is 5.97 Å². The molecule has 1 heterocycles. The Balaban J connectivity index is 2.46. The quantitative estimate of drug-likeness (QED) is 0.666. The number of carbonyl (C=O) groups is 1. The first-order valence-electron chi connectivity index (χ1n) is 4.64. The van der Waals surface area contributed by atoms with Crippen molar-refractivity contribution < 1.29 is 14.6 Å². The average molecular weight is 184 g/mol. The van der Waals surface area contributed by atoms with Gasteiger partial charge < -0.3 is 9.84 Å². The Morgan fingerprint density at radius 2 is 1.92 bits per heavy atom. The van der Waals surface area contributed by atoms with Crippen molar-refractivity contribution in [1.82, 2.24) is 0 Å². The summed E-state index contributed by atoms with van der Waals surface area (Å²) < 4.78 is 5.54. The van der Waals surface area contributed by atoms with E-state index in [-0.39, 0.29) is 12.2 Å². The van der Waals surface area contributed by atoms with Crippen LogP contribution in [0.3, 0.4) is 0 Å². The molecule has 3 heteroatoms. The van der Waals surface area contributed by atoms with E-state index in [1.807, 2.05) is 13.8 Å². The van der Waals surface area contributed by atoms with Crippen molar-refractivity contribution in [2.45, 2.75) is 38.9 Å². The van der Waals surface area contributed by atoms with Gasteiger partial charge in [0.2, 0.25) is 0 Å². The van der Waals surface area contributed by atoms with Crippen molar-refractivity contribution in [3.8, 4) is 0 Å². The van der Waals surface area contributed by atoms with Crippen molar-refractivity contribution in [3.05, 3.63) is 12.2 Å². The van der Waals surface area contributed by atoms with E-state index in [0.29, 0.717) is 5.92 Å². The van der Waals surface area contributed by atoms with Gasteiger partial charge in [0.25, 0.3) is 0 Å². The largest absolute Gasteiger partial charge is 0.478 e. The highest BCUT2D eigenvalue weighted by atomic mass is 16.5. The fourth-order valence-electron chi connectivity index (χ4n) is 1.83. The maximum atomic E-state index is 10.3. The molecule has 1 N–H and O–H groups in total. The van der Waals surface area contributed by atoms with Crippen molar-refractivity contribution in [3.63, 3.8) is 0 Å². The maximum Gasteiger partial charge on any atom is 0.327 e. The van der Waals surface area contributed by atoms with Crippen LogP contribution in [0.25, 0.3) is 0 Å². The normalized spacial score (nSPS) is 35.1. The predicted octanol–water partition coefficient (Wildman–Crippen LogP) is 1.83. The average Bonchev–Trinajstić information content (AvgIpc) is 1.99. The Labute approximate surface area is 78.4 Å². The molecule has 1 aliphatic heterocycles. The minimum Gasteiger partial charge on any atom is -0.478 e. The minimum absolute atomic E-state index is 0.243. The second-order valence-electron chi connectivity index (χ2n) is 3.69. The number of allylic oxidation sites excluding steroid dienone is 1. The Bertz CT molecular complexity index is 200. The third kappa shape index (κ3) is 3.59. The van der Waals surface area contributed by atoms with Crippen LogP contribution in [-0.2, 0) is 9.53 Å². The predicted molar refractivity (Wildman–Crippen MR) is 49.5 cm³/mol. The summed E-state index contributed by atoms with van der Waals surface area (Å²) in [7, 11) is 0. The molecule has 0 aromatic carbocycles. The van der Waals surface area contributed by atoms with Gasteiger partial charge in [0.05, 0.1) is 12.2 Å². The topological polar surface area (TPSA) is 46.5 Å². The zero-order valence-electron chi connectivity index (χ0n) is 8.06. The molecule has 1 rings (SSSR count). The van der Waals surface area contributed by atoms with Crippen LogP contribution in [0, 0.1) is 5.92 Å². The van der Waals surface area contributed by atoms with Gasteiger partial charge in [-0.3, -0.25) is 0 Å². The highest BCUT2D eigenvalue weighted by Gasteiger charge is 2.22. The number of carboxylic acid groups (broad SMARTS) is 1. The van der Waals surface area contributed by atoms with Crippen LogP contribution < -0.4 is 0 Å². The summed E-state index contributed by atoms with van der Waals surface area (Å²) in [6, 6.07) is 0. The molecule has 0 aromatic heterocycles. The van der Waals surface area contributed by atoms with E-state index in [2.05, 4.69) is 0 Å². The molecule has 1 aliphatic rings. The molecule has 0 saturated carbocycles. The van der Waals surface area contributed by atoms with Gasteiger partial charge in [0, 0.05) is 6.08 Å². The van der Waals surface area contributed by atoms with E-state index < -0.39 is 5.97 Å². The Hall–Kier alpha value is -0.830. The summed E-state index contributed by atoms with van der Waals surface area (Å²) in [5, 5.41) is 8.46. The second-order valence-corrected chi connectivity index (χ2v) is 3.69. The summed E-state index contributed by atoms with van der Waals surface area (Å²) in [5.41, 5.74) is 0.